The molecule has 0 saturated carbocycles. The molecule has 0 aliphatic carbocycles. The van der Waals surface area contributed by atoms with Crippen LogP contribution < -0.4 is 4.74 Å². The van der Waals surface area contributed by atoms with Crippen molar-refractivity contribution in [2.75, 3.05) is 6.61 Å². The Bertz CT molecular complexity index is 786. The van der Waals surface area contributed by atoms with Gasteiger partial charge in [0.25, 0.3) is 0 Å². The SMILES string of the molecule is CCOC(=O)/C(C#N)=C/c1ccc(C(=O)Oc2ccccc2)cc1. The Morgan fingerprint density at radius 2 is 1.75 bits per heavy atom. The van der Waals surface area contributed by atoms with Gasteiger partial charge in [-0.25, -0.2) is 9.59 Å². The summed E-state index contributed by atoms with van der Waals surface area (Å²) in [5, 5.41) is 9.00. The Kier molecular flexibility index (Phi) is 5.87. The van der Waals surface area contributed by atoms with Gasteiger partial charge in [-0.3, -0.25) is 0 Å². The topological polar surface area (TPSA) is 76.4 Å². The van der Waals surface area contributed by atoms with Crippen LogP contribution in [0.2, 0.25) is 0 Å². The smallest absolute Gasteiger partial charge is 0.348 e. The number of carbonyl (C=O) groups is 2. The highest BCUT2D eigenvalue weighted by atomic mass is 16.5. The normalized spacial score (nSPS) is 10.6. The third-order valence-electron chi connectivity index (χ3n) is 3.03. The molecule has 0 fully saturated rings. The molecule has 2 rings (SSSR count). The first-order chi connectivity index (χ1) is 11.6. The number of ether oxygens (including phenoxy) is 2. The van der Waals surface area contributed by atoms with Gasteiger partial charge in [0.15, 0.2) is 0 Å². The first-order valence-electron chi connectivity index (χ1n) is 7.30. The van der Waals surface area contributed by atoms with Gasteiger partial charge in [0.05, 0.1) is 12.2 Å². The van der Waals surface area contributed by atoms with Crippen molar-refractivity contribution < 1.29 is 19.1 Å². The molecule has 0 unspecified atom stereocenters. The van der Waals surface area contributed by atoms with Crippen LogP contribution in [0.25, 0.3) is 6.08 Å². The fourth-order valence-corrected chi connectivity index (χ4v) is 1.88. The minimum absolute atomic E-state index is 0.100. The van der Waals surface area contributed by atoms with Gasteiger partial charge in [-0.15, -0.1) is 0 Å². The third kappa shape index (κ3) is 4.55. The highest BCUT2D eigenvalue weighted by Crippen LogP contribution is 2.14. The lowest BCUT2D eigenvalue weighted by atomic mass is 10.1. The molecule has 2 aromatic rings. The summed E-state index contributed by atoms with van der Waals surface area (Å²) in [5.74, 6) is -0.698. The van der Waals surface area contributed by atoms with E-state index < -0.39 is 11.9 Å². The van der Waals surface area contributed by atoms with Gasteiger partial charge in [0.2, 0.25) is 0 Å². The number of hydrogen-bond donors (Lipinski definition) is 0. The van der Waals surface area contributed by atoms with Crippen LogP contribution in [0.3, 0.4) is 0 Å². The number of esters is 2. The molecule has 24 heavy (non-hydrogen) atoms. The first-order valence-corrected chi connectivity index (χ1v) is 7.30. The quantitative estimate of drug-likeness (QED) is 0.365. The van der Waals surface area contributed by atoms with Crippen molar-refractivity contribution >= 4 is 18.0 Å². The van der Waals surface area contributed by atoms with Gasteiger partial charge < -0.3 is 9.47 Å². The lowest BCUT2D eigenvalue weighted by molar-refractivity contribution is -0.137. The van der Waals surface area contributed by atoms with Crippen LogP contribution in [-0.2, 0) is 9.53 Å². The Hall–Kier alpha value is -3.39. The molecule has 0 heterocycles. The molecule has 120 valence electrons. The van der Waals surface area contributed by atoms with E-state index in [9.17, 15) is 9.59 Å². The third-order valence-corrected chi connectivity index (χ3v) is 3.03. The van der Waals surface area contributed by atoms with Gasteiger partial charge in [0.1, 0.15) is 17.4 Å². The van der Waals surface area contributed by atoms with Crippen LogP contribution in [0.15, 0.2) is 60.2 Å². The van der Waals surface area contributed by atoms with Crippen molar-refractivity contribution in [3.05, 3.63) is 71.3 Å². The van der Waals surface area contributed by atoms with Crippen LogP contribution >= 0.6 is 0 Å². The average Bonchev–Trinajstić information content (AvgIpc) is 2.61. The standard InChI is InChI=1S/C19H15NO4/c1-2-23-18(21)16(13-20)12-14-8-10-15(11-9-14)19(22)24-17-6-4-3-5-7-17/h3-12H,2H2,1H3/b16-12+. The molecule has 2 aromatic carbocycles. The number of benzene rings is 2. The predicted molar refractivity (Wildman–Crippen MR) is 88.1 cm³/mol. The average molecular weight is 321 g/mol. The Morgan fingerprint density at radius 3 is 2.33 bits per heavy atom. The van der Waals surface area contributed by atoms with E-state index in [1.54, 1.807) is 61.5 Å². The van der Waals surface area contributed by atoms with Crippen molar-refractivity contribution in [2.45, 2.75) is 6.92 Å². The summed E-state index contributed by atoms with van der Waals surface area (Å²) in [6, 6.07) is 16.9. The number of rotatable bonds is 5. The molecule has 5 heteroatoms. The van der Waals surface area contributed by atoms with Crippen molar-refractivity contribution in [1.29, 1.82) is 5.26 Å². The van der Waals surface area contributed by atoms with Crippen molar-refractivity contribution in [2.24, 2.45) is 0 Å². The predicted octanol–water partition coefficient (Wildman–Crippen LogP) is 3.38. The molecule has 0 spiro atoms. The molecule has 0 radical (unpaired) electrons. The largest absolute Gasteiger partial charge is 0.462 e. The van der Waals surface area contributed by atoms with Crippen LogP contribution in [-0.4, -0.2) is 18.5 Å². The molecule has 0 amide bonds. The summed E-state index contributed by atoms with van der Waals surface area (Å²) in [5.41, 5.74) is 0.873. The van der Waals surface area contributed by atoms with Crippen LogP contribution in [0.5, 0.6) is 5.75 Å². The van der Waals surface area contributed by atoms with E-state index in [1.165, 1.54) is 6.08 Å². The van der Waals surface area contributed by atoms with Gasteiger partial charge >= 0.3 is 11.9 Å². The summed E-state index contributed by atoms with van der Waals surface area (Å²) < 4.78 is 10.0. The second kappa shape index (κ2) is 8.30. The van der Waals surface area contributed by atoms with E-state index in [4.69, 9.17) is 14.7 Å². The fourth-order valence-electron chi connectivity index (χ4n) is 1.88. The van der Waals surface area contributed by atoms with E-state index in [0.29, 0.717) is 16.9 Å². The number of para-hydroxylation sites is 1. The summed E-state index contributed by atoms with van der Waals surface area (Å²) in [6.07, 6.45) is 1.41. The highest BCUT2D eigenvalue weighted by molar-refractivity contribution is 5.98. The molecule has 0 N–H and O–H groups in total. The number of nitrogens with zero attached hydrogens (tertiary/aromatic N) is 1. The van der Waals surface area contributed by atoms with Gasteiger partial charge in [-0.05, 0) is 42.8 Å². The Labute approximate surface area is 139 Å². The fraction of sp³-hybridized carbons (Fsp3) is 0.105. The number of hydrogen-bond acceptors (Lipinski definition) is 5. The Morgan fingerprint density at radius 1 is 1.08 bits per heavy atom. The van der Waals surface area contributed by atoms with E-state index in [1.807, 2.05) is 6.07 Å². The zero-order valence-electron chi connectivity index (χ0n) is 13.1. The second-order valence-corrected chi connectivity index (χ2v) is 4.71. The lowest BCUT2D eigenvalue weighted by Gasteiger charge is -2.04. The molecule has 0 aromatic heterocycles. The van der Waals surface area contributed by atoms with E-state index in [2.05, 4.69) is 0 Å². The van der Waals surface area contributed by atoms with Crippen molar-refractivity contribution in [3.8, 4) is 11.8 Å². The lowest BCUT2D eigenvalue weighted by Crippen LogP contribution is -2.08. The first kappa shape index (κ1) is 17.0. The molecule has 0 bridgehead atoms. The van der Waals surface area contributed by atoms with Crippen molar-refractivity contribution in [1.82, 2.24) is 0 Å². The maximum Gasteiger partial charge on any atom is 0.348 e. The monoisotopic (exact) mass is 321 g/mol. The molecular weight excluding hydrogens is 306 g/mol. The summed E-state index contributed by atoms with van der Waals surface area (Å²) >= 11 is 0. The van der Waals surface area contributed by atoms with E-state index in [-0.39, 0.29) is 12.2 Å². The molecular formula is C19H15NO4. The van der Waals surface area contributed by atoms with Gasteiger partial charge in [-0.2, -0.15) is 5.26 Å². The summed E-state index contributed by atoms with van der Waals surface area (Å²) in [4.78, 5) is 23.6. The van der Waals surface area contributed by atoms with Gasteiger partial charge in [0, 0.05) is 0 Å². The molecule has 0 aliphatic heterocycles. The van der Waals surface area contributed by atoms with Gasteiger partial charge in [-0.1, -0.05) is 30.3 Å². The minimum Gasteiger partial charge on any atom is -0.462 e. The van der Waals surface area contributed by atoms with E-state index >= 15 is 0 Å². The maximum absolute atomic E-state index is 12.0. The van der Waals surface area contributed by atoms with Crippen molar-refractivity contribution in [3.63, 3.8) is 0 Å². The molecule has 0 aliphatic rings. The molecule has 0 saturated heterocycles. The summed E-state index contributed by atoms with van der Waals surface area (Å²) in [6.45, 7) is 1.86. The number of nitriles is 1. The number of carbonyl (C=O) groups excluding carboxylic acids is 2. The molecule has 0 atom stereocenters. The minimum atomic E-state index is -0.674. The highest BCUT2D eigenvalue weighted by Gasteiger charge is 2.11. The maximum atomic E-state index is 12.0. The van der Waals surface area contributed by atoms with Crippen LogP contribution in [0, 0.1) is 11.3 Å². The van der Waals surface area contributed by atoms with Crippen LogP contribution in [0.1, 0.15) is 22.8 Å². The zero-order chi connectivity index (χ0) is 17.4. The molecule has 5 nitrogen and oxygen atoms in total. The van der Waals surface area contributed by atoms with Crippen LogP contribution in [0.4, 0.5) is 0 Å². The summed E-state index contributed by atoms with van der Waals surface area (Å²) in [7, 11) is 0. The Balaban J connectivity index is 2.11. The van der Waals surface area contributed by atoms with E-state index in [0.717, 1.165) is 0 Å². The zero-order valence-corrected chi connectivity index (χ0v) is 13.1. The second-order valence-electron chi connectivity index (χ2n) is 4.71.